The number of rotatable bonds is 5. The number of hydrogen-bond acceptors (Lipinski definition) is 3. The third-order valence-corrected chi connectivity index (χ3v) is 2.35. The molecular weight excluding hydrogens is 166 g/mol. The van der Waals surface area contributed by atoms with Crippen LogP contribution in [-0.2, 0) is 9.53 Å². The molecule has 0 bridgehead atoms. The lowest BCUT2D eigenvalue weighted by Gasteiger charge is -2.30. The first-order valence-electron chi connectivity index (χ1n) is 4.60. The number of likely N-dealkylation sites (N-methyl/N-ethyl adjacent to an activating group) is 1. The lowest BCUT2D eigenvalue weighted by atomic mass is 9.98. The lowest BCUT2D eigenvalue weighted by molar-refractivity contribution is -0.134. The summed E-state index contributed by atoms with van der Waals surface area (Å²) in [4.78, 5) is 13.5. The van der Waals surface area contributed by atoms with Crippen molar-refractivity contribution in [1.82, 2.24) is 4.90 Å². The van der Waals surface area contributed by atoms with Crippen LogP contribution in [0.5, 0.6) is 0 Å². The van der Waals surface area contributed by atoms with E-state index in [0.717, 1.165) is 0 Å². The van der Waals surface area contributed by atoms with Gasteiger partial charge in [0.2, 0.25) is 0 Å². The Kier molecular flexibility index (Phi) is 4.57. The summed E-state index contributed by atoms with van der Waals surface area (Å²) >= 11 is 0. The summed E-state index contributed by atoms with van der Waals surface area (Å²) in [5, 5.41) is 0. The molecule has 0 aliphatic carbocycles. The second-order valence-corrected chi connectivity index (χ2v) is 4.24. The highest BCUT2D eigenvalue weighted by Gasteiger charge is 2.29. The Morgan fingerprint density at radius 1 is 1.38 bits per heavy atom. The normalized spacial score (nSPS) is 12.6. The topological polar surface area (TPSA) is 29.5 Å². The minimum atomic E-state index is -0.436. The van der Waals surface area contributed by atoms with Crippen LogP contribution in [0, 0.1) is 0 Å². The Balaban J connectivity index is 4.10. The fraction of sp³-hybridized carbons (Fsp3) is 0.900. The van der Waals surface area contributed by atoms with Crippen LogP contribution in [0.25, 0.3) is 0 Å². The molecule has 0 spiro atoms. The van der Waals surface area contributed by atoms with Crippen LogP contribution in [0.1, 0.15) is 27.7 Å². The summed E-state index contributed by atoms with van der Waals surface area (Å²) in [6.45, 7) is 7.85. The molecule has 3 nitrogen and oxygen atoms in total. The number of carbonyl (C=O) groups is 1. The summed E-state index contributed by atoms with van der Waals surface area (Å²) in [5.41, 5.74) is -0.436. The molecule has 0 fully saturated rings. The van der Waals surface area contributed by atoms with Gasteiger partial charge < -0.3 is 4.74 Å². The largest absolute Gasteiger partial charge is 0.371 e. The van der Waals surface area contributed by atoms with Crippen molar-refractivity contribution in [2.24, 2.45) is 0 Å². The minimum absolute atomic E-state index is 0.113. The number of carbonyl (C=O) groups excluding carboxylic acids is 1. The molecule has 0 N–H and O–H groups in total. The first kappa shape index (κ1) is 12.6. The van der Waals surface area contributed by atoms with E-state index in [1.807, 2.05) is 46.7 Å². The summed E-state index contributed by atoms with van der Waals surface area (Å²) in [6.07, 6.45) is 0.113. The molecule has 0 saturated carbocycles. The molecule has 0 radical (unpaired) electrons. The van der Waals surface area contributed by atoms with E-state index in [1.54, 1.807) is 0 Å². The molecule has 0 aliphatic heterocycles. The number of Topliss-reactive ketones (excluding diaryl/α,β-unsaturated/α-hetero) is 1. The van der Waals surface area contributed by atoms with Gasteiger partial charge in [0.1, 0.15) is 6.61 Å². The maximum Gasteiger partial charge on any atom is 0.178 e. The van der Waals surface area contributed by atoms with E-state index in [2.05, 4.69) is 0 Å². The zero-order valence-corrected chi connectivity index (χ0v) is 9.55. The minimum Gasteiger partial charge on any atom is -0.371 e. The lowest BCUT2D eigenvalue weighted by Crippen LogP contribution is -2.47. The molecule has 3 heteroatoms. The van der Waals surface area contributed by atoms with Crippen LogP contribution < -0.4 is 0 Å². The standard InChI is InChI=1S/C10H21NO2/c1-8(2)13-7-9(12)10(3,4)11(5)6/h8H,7H2,1-6H3. The van der Waals surface area contributed by atoms with Gasteiger partial charge in [0.05, 0.1) is 11.6 Å². The van der Waals surface area contributed by atoms with E-state index in [4.69, 9.17) is 4.74 Å². The number of ether oxygens (including phenoxy) is 1. The van der Waals surface area contributed by atoms with E-state index in [0.29, 0.717) is 0 Å². The van der Waals surface area contributed by atoms with Crippen LogP contribution in [-0.4, -0.2) is 43.0 Å². The van der Waals surface area contributed by atoms with Gasteiger partial charge in [-0.15, -0.1) is 0 Å². The van der Waals surface area contributed by atoms with Gasteiger partial charge in [0, 0.05) is 0 Å². The Hall–Kier alpha value is -0.410. The molecule has 0 unspecified atom stereocenters. The zero-order valence-electron chi connectivity index (χ0n) is 9.55. The van der Waals surface area contributed by atoms with Gasteiger partial charge >= 0.3 is 0 Å². The van der Waals surface area contributed by atoms with Gasteiger partial charge in [-0.25, -0.2) is 0 Å². The van der Waals surface area contributed by atoms with E-state index in [1.165, 1.54) is 0 Å². The van der Waals surface area contributed by atoms with Crippen molar-refractivity contribution in [1.29, 1.82) is 0 Å². The molecule has 0 amide bonds. The molecule has 0 atom stereocenters. The Morgan fingerprint density at radius 2 is 1.85 bits per heavy atom. The SMILES string of the molecule is CC(C)OCC(=O)C(C)(C)N(C)C. The third kappa shape index (κ3) is 3.87. The predicted molar refractivity (Wildman–Crippen MR) is 53.9 cm³/mol. The second-order valence-electron chi connectivity index (χ2n) is 4.24. The molecule has 0 aromatic heterocycles. The third-order valence-electron chi connectivity index (χ3n) is 2.35. The quantitative estimate of drug-likeness (QED) is 0.650. The van der Waals surface area contributed by atoms with Crippen LogP contribution in [0.3, 0.4) is 0 Å². The molecule has 78 valence electrons. The Morgan fingerprint density at radius 3 is 2.15 bits per heavy atom. The fourth-order valence-electron chi connectivity index (χ4n) is 0.668. The molecule has 13 heavy (non-hydrogen) atoms. The average Bonchev–Trinajstić information content (AvgIpc) is 1.99. The van der Waals surface area contributed by atoms with Gasteiger partial charge in [0.15, 0.2) is 5.78 Å². The van der Waals surface area contributed by atoms with Gasteiger partial charge in [-0.1, -0.05) is 0 Å². The van der Waals surface area contributed by atoms with Crippen LogP contribution in [0.15, 0.2) is 0 Å². The molecule has 0 aromatic rings. The second kappa shape index (κ2) is 4.72. The van der Waals surface area contributed by atoms with Crippen LogP contribution in [0.4, 0.5) is 0 Å². The summed E-state index contributed by atoms with van der Waals surface area (Å²) in [5.74, 6) is 0.117. The molecule has 0 rings (SSSR count). The Labute approximate surface area is 81.1 Å². The first-order valence-corrected chi connectivity index (χ1v) is 4.60. The van der Waals surface area contributed by atoms with Crippen molar-refractivity contribution in [3.8, 4) is 0 Å². The maximum atomic E-state index is 11.6. The number of hydrogen-bond donors (Lipinski definition) is 0. The smallest absolute Gasteiger partial charge is 0.178 e. The monoisotopic (exact) mass is 187 g/mol. The van der Waals surface area contributed by atoms with Gasteiger partial charge in [-0.05, 0) is 41.8 Å². The predicted octanol–water partition coefficient (Wildman–Crippen LogP) is 1.32. The van der Waals surface area contributed by atoms with E-state index in [9.17, 15) is 4.79 Å². The molecular formula is C10H21NO2. The molecule has 0 heterocycles. The van der Waals surface area contributed by atoms with Crippen LogP contribution >= 0.6 is 0 Å². The summed E-state index contributed by atoms with van der Waals surface area (Å²) in [7, 11) is 3.79. The number of nitrogens with zero attached hydrogens (tertiary/aromatic N) is 1. The van der Waals surface area contributed by atoms with Crippen molar-refractivity contribution in [2.75, 3.05) is 20.7 Å². The summed E-state index contributed by atoms with van der Waals surface area (Å²) in [6, 6.07) is 0. The van der Waals surface area contributed by atoms with Crippen LogP contribution in [0.2, 0.25) is 0 Å². The average molecular weight is 187 g/mol. The van der Waals surface area contributed by atoms with Gasteiger partial charge in [0.25, 0.3) is 0 Å². The highest BCUT2D eigenvalue weighted by Crippen LogP contribution is 2.11. The molecule has 0 saturated heterocycles. The highest BCUT2D eigenvalue weighted by atomic mass is 16.5. The van der Waals surface area contributed by atoms with Crippen molar-refractivity contribution in [3.63, 3.8) is 0 Å². The first-order chi connectivity index (χ1) is 5.78. The van der Waals surface area contributed by atoms with Gasteiger partial charge in [-0.3, -0.25) is 9.69 Å². The molecule has 0 aromatic carbocycles. The van der Waals surface area contributed by atoms with E-state index < -0.39 is 5.54 Å². The van der Waals surface area contributed by atoms with E-state index >= 15 is 0 Å². The van der Waals surface area contributed by atoms with E-state index in [-0.39, 0.29) is 18.5 Å². The van der Waals surface area contributed by atoms with Gasteiger partial charge in [-0.2, -0.15) is 0 Å². The summed E-state index contributed by atoms with van der Waals surface area (Å²) < 4.78 is 5.26. The molecule has 0 aliphatic rings. The fourth-order valence-corrected chi connectivity index (χ4v) is 0.668. The van der Waals surface area contributed by atoms with Crippen molar-refractivity contribution in [2.45, 2.75) is 39.3 Å². The van der Waals surface area contributed by atoms with Crippen molar-refractivity contribution in [3.05, 3.63) is 0 Å². The Bertz CT molecular complexity index is 174. The van der Waals surface area contributed by atoms with Crippen molar-refractivity contribution >= 4 is 5.78 Å². The highest BCUT2D eigenvalue weighted by molar-refractivity contribution is 5.88. The maximum absolute atomic E-state index is 11.6. The zero-order chi connectivity index (χ0) is 10.6. The van der Waals surface area contributed by atoms with Crippen molar-refractivity contribution < 1.29 is 9.53 Å². The number of ketones is 1.